The van der Waals surface area contributed by atoms with Crippen molar-refractivity contribution in [1.29, 1.82) is 0 Å². The van der Waals surface area contributed by atoms with E-state index in [2.05, 4.69) is 0 Å². The fourth-order valence-corrected chi connectivity index (χ4v) is 3.83. The van der Waals surface area contributed by atoms with Crippen molar-refractivity contribution in [3.8, 4) is 0 Å². The maximum Gasteiger partial charge on any atom is 0.236 e. The summed E-state index contributed by atoms with van der Waals surface area (Å²) in [5.41, 5.74) is 5.19. The molecule has 0 aromatic rings. The monoisotopic (exact) mass is 296 g/mol. The minimum atomic E-state index is -0.419. The molecule has 2 rings (SSSR count). The summed E-state index contributed by atoms with van der Waals surface area (Å²) < 4.78 is 0. The smallest absolute Gasteiger partial charge is 0.236 e. The number of likely N-dealkylation sites (tertiary alicyclic amines) is 1. The molecule has 2 fully saturated rings. The van der Waals surface area contributed by atoms with Gasteiger partial charge in [-0.1, -0.05) is 44.8 Å². The predicted molar refractivity (Wildman–Crippen MR) is 82.1 cm³/mol. The van der Waals surface area contributed by atoms with Gasteiger partial charge in [0.05, 0.1) is 10.4 Å². The third kappa shape index (κ3) is 2.87. The SMILES string of the molecule is CCC(CC(N)=S)N1C(=O)CC2(CCCCCC2)C1=O. The lowest BCUT2D eigenvalue weighted by Gasteiger charge is -2.29. The van der Waals surface area contributed by atoms with Gasteiger partial charge in [0, 0.05) is 18.9 Å². The van der Waals surface area contributed by atoms with Gasteiger partial charge >= 0.3 is 0 Å². The molecule has 20 heavy (non-hydrogen) atoms. The maximum atomic E-state index is 12.8. The molecule has 1 atom stereocenters. The van der Waals surface area contributed by atoms with Gasteiger partial charge in [0.2, 0.25) is 11.8 Å². The van der Waals surface area contributed by atoms with Crippen LogP contribution in [-0.2, 0) is 9.59 Å². The lowest BCUT2D eigenvalue weighted by molar-refractivity contribution is -0.144. The van der Waals surface area contributed by atoms with Gasteiger partial charge in [0.1, 0.15) is 0 Å². The number of imide groups is 1. The van der Waals surface area contributed by atoms with Crippen LogP contribution in [0.25, 0.3) is 0 Å². The van der Waals surface area contributed by atoms with E-state index in [4.69, 9.17) is 18.0 Å². The van der Waals surface area contributed by atoms with Gasteiger partial charge in [-0.15, -0.1) is 0 Å². The number of carbonyl (C=O) groups excluding carboxylic acids is 2. The topological polar surface area (TPSA) is 63.4 Å². The normalized spacial score (nSPS) is 23.9. The fourth-order valence-electron chi connectivity index (χ4n) is 3.63. The first-order valence-electron chi connectivity index (χ1n) is 7.65. The van der Waals surface area contributed by atoms with Crippen molar-refractivity contribution in [2.45, 2.75) is 70.8 Å². The van der Waals surface area contributed by atoms with Crippen LogP contribution in [0.1, 0.15) is 64.7 Å². The Bertz CT molecular complexity index is 414. The highest BCUT2D eigenvalue weighted by atomic mass is 32.1. The molecular weight excluding hydrogens is 272 g/mol. The molecule has 4 nitrogen and oxygen atoms in total. The number of amides is 2. The summed E-state index contributed by atoms with van der Waals surface area (Å²) in [6.07, 6.45) is 7.72. The van der Waals surface area contributed by atoms with Crippen molar-refractivity contribution in [1.82, 2.24) is 4.90 Å². The lowest BCUT2D eigenvalue weighted by Crippen LogP contribution is -2.44. The van der Waals surface area contributed by atoms with Gasteiger partial charge in [-0.2, -0.15) is 0 Å². The average Bonchev–Trinajstić information content (AvgIpc) is 2.58. The molecule has 2 amide bonds. The standard InChI is InChI=1S/C15H24N2O2S/c1-2-11(9-12(16)20)17-13(18)10-15(14(17)19)7-5-3-4-6-8-15/h11H,2-10H2,1H3,(H2,16,20). The third-order valence-electron chi connectivity index (χ3n) is 4.76. The van der Waals surface area contributed by atoms with Crippen molar-refractivity contribution in [2.75, 3.05) is 0 Å². The number of hydrogen-bond donors (Lipinski definition) is 1. The van der Waals surface area contributed by atoms with Gasteiger partial charge in [-0.3, -0.25) is 14.5 Å². The largest absolute Gasteiger partial charge is 0.393 e. The van der Waals surface area contributed by atoms with E-state index in [0.29, 0.717) is 24.3 Å². The Balaban J connectivity index is 2.20. The summed E-state index contributed by atoms with van der Waals surface area (Å²) in [5, 5.41) is 0. The number of rotatable bonds is 4. The molecule has 0 aromatic carbocycles. The first-order chi connectivity index (χ1) is 9.50. The second kappa shape index (κ2) is 6.20. The van der Waals surface area contributed by atoms with Gasteiger partial charge < -0.3 is 5.73 Å². The molecule has 1 saturated heterocycles. The molecule has 2 aliphatic rings. The van der Waals surface area contributed by atoms with E-state index in [1.54, 1.807) is 0 Å². The van der Waals surface area contributed by atoms with E-state index in [-0.39, 0.29) is 17.9 Å². The number of nitrogens with zero attached hydrogens (tertiary/aromatic N) is 1. The molecule has 0 bridgehead atoms. The van der Waals surface area contributed by atoms with E-state index in [0.717, 1.165) is 25.7 Å². The molecule has 5 heteroatoms. The summed E-state index contributed by atoms with van der Waals surface area (Å²) in [4.78, 5) is 27.1. The molecular formula is C15H24N2O2S. The molecule has 1 unspecified atom stereocenters. The van der Waals surface area contributed by atoms with Gasteiger partial charge in [-0.05, 0) is 19.3 Å². The van der Waals surface area contributed by atoms with E-state index >= 15 is 0 Å². The van der Waals surface area contributed by atoms with Crippen LogP contribution in [0, 0.1) is 5.41 Å². The van der Waals surface area contributed by atoms with Crippen LogP contribution >= 0.6 is 12.2 Å². The lowest BCUT2D eigenvalue weighted by atomic mass is 9.79. The predicted octanol–water partition coefficient (Wildman–Crippen LogP) is 2.54. The number of carbonyl (C=O) groups is 2. The summed E-state index contributed by atoms with van der Waals surface area (Å²) in [7, 11) is 0. The van der Waals surface area contributed by atoms with Crippen LogP contribution in [-0.4, -0.2) is 27.7 Å². The van der Waals surface area contributed by atoms with Crippen LogP contribution in [0.5, 0.6) is 0 Å². The third-order valence-corrected chi connectivity index (χ3v) is 4.93. The zero-order valence-electron chi connectivity index (χ0n) is 12.2. The minimum Gasteiger partial charge on any atom is -0.393 e. The highest BCUT2D eigenvalue weighted by Gasteiger charge is 2.52. The van der Waals surface area contributed by atoms with E-state index in [1.807, 2.05) is 6.92 Å². The molecule has 2 N–H and O–H groups in total. The van der Waals surface area contributed by atoms with Crippen LogP contribution in [0.3, 0.4) is 0 Å². The molecule has 1 saturated carbocycles. The molecule has 0 radical (unpaired) electrons. The fraction of sp³-hybridized carbons (Fsp3) is 0.800. The van der Waals surface area contributed by atoms with Crippen molar-refractivity contribution >= 4 is 29.0 Å². The second-order valence-electron chi connectivity index (χ2n) is 6.17. The summed E-state index contributed by atoms with van der Waals surface area (Å²) in [5.74, 6) is 0.00694. The van der Waals surface area contributed by atoms with Gasteiger partial charge in [0.15, 0.2) is 0 Å². The number of thiocarbonyl (C=S) groups is 1. The van der Waals surface area contributed by atoms with Crippen molar-refractivity contribution in [2.24, 2.45) is 11.1 Å². The Kier molecular flexibility index (Phi) is 4.78. The van der Waals surface area contributed by atoms with E-state index in [1.165, 1.54) is 17.7 Å². The van der Waals surface area contributed by atoms with Gasteiger partial charge in [-0.25, -0.2) is 0 Å². The molecule has 112 valence electrons. The van der Waals surface area contributed by atoms with Crippen LogP contribution in [0.4, 0.5) is 0 Å². The zero-order valence-corrected chi connectivity index (χ0v) is 13.0. The highest BCUT2D eigenvalue weighted by molar-refractivity contribution is 7.80. The molecule has 0 aromatic heterocycles. The minimum absolute atomic E-state index is 0.0278. The Morgan fingerprint density at radius 2 is 1.90 bits per heavy atom. The molecule has 1 aliphatic heterocycles. The Hall–Kier alpha value is -0.970. The van der Waals surface area contributed by atoms with E-state index < -0.39 is 5.41 Å². The zero-order chi connectivity index (χ0) is 14.8. The Labute approximate surface area is 126 Å². The van der Waals surface area contributed by atoms with Crippen molar-refractivity contribution in [3.05, 3.63) is 0 Å². The van der Waals surface area contributed by atoms with Crippen LogP contribution < -0.4 is 5.73 Å². The Morgan fingerprint density at radius 1 is 1.30 bits per heavy atom. The maximum absolute atomic E-state index is 12.8. The number of nitrogens with two attached hydrogens (primary N) is 1. The molecule has 1 spiro atoms. The van der Waals surface area contributed by atoms with Gasteiger partial charge in [0.25, 0.3) is 0 Å². The highest BCUT2D eigenvalue weighted by Crippen LogP contribution is 2.45. The molecule has 1 heterocycles. The second-order valence-corrected chi connectivity index (χ2v) is 6.70. The van der Waals surface area contributed by atoms with Crippen LogP contribution in [0.15, 0.2) is 0 Å². The first-order valence-corrected chi connectivity index (χ1v) is 8.06. The first kappa shape index (κ1) is 15.4. The Morgan fingerprint density at radius 3 is 2.40 bits per heavy atom. The summed E-state index contributed by atoms with van der Waals surface area (Å²) in [6, 6.07) is -0.157. The van der Waals surface area contributed by atoms with Crippen molar-refractivity contribution < 1.29 is 9.59 Å². The van der Waals surface area contributed by atoms with Crippen molar-refractivity contribution in [3.63, 3.8) is 0 Å². The van der Waals surface area contributed by atoms with Crippen LogP contribution in [0.2, 0.25) is 0 Å². The number of hydrogen-bond acceptors (Lipinski definition) is 3. The molecule has 1 aliphatic carbocycles. The quantitative estimate of drug-likeness (QED) is 0.639. The summed E-state index contributed by atoms with van der Waals surface area (Å²) >= 11 is 4.95. The summed E-state index contributed by atoms with van der Waals surface area (Å²) in [6.45, 7) is 1.97. The average molecular weight is 296 g/mol. The van der Waals surface area contributed by atoms with E-state index in [9.17, 15) is 9.59 Å².